The van der Waals surface area contributed by atoms with Crippen LogP contribution < -0.4 is 5.32 Å². The first-order valence-electron chi connectivity index (χ1n) is 6.01. The third kappa shape index (κ3) is 4.36. The van der Waals surface area contributed by atoms with E-state index in [1.165, 1.54) is 0 Å². The van der Waals surface area contributed by atoms with Crippen molar-refractivity contribution in [3.8, 4) is 6.07 Å². The number of amides is 1. The number of nitrogens with one attached hydrogen (secondary N) is 1. The van der Waals surface area contributed by atoms with E-state index in [1.54, 1.807) is 36.2 Å². The Labute approximate surface area is 113 Å². The predicted molar refractivity (Wildman–Crippen MR) is 73.6 cm³/mol. The van der Waals surface area contributed by atoms with E-state index in [4.69, 9.17) is 5.26 Å². The second-order valence-corrected chi connectivity index (χ2v) is 5.07. The minimum Gasteiger partial charge on any atom is -0.394 e. The number of rotatable bonds is 5. The Bertz CT molecular complexity index is 492. The van der Waals surface area contributed by atoms with Gasteiger partial charge in [-0.3, -0.25) is 9.69 Å². The molecule has 0 aliphatic heterocycles. The van der Waals surface area contributed by atoms with Crippen LogP contribution in [-0.4, -0.2) is 41.7 Å². The summed E-state index contributed by atoms with van der Waals surface area (Å²) in [5.74, 6) is -0.181. The third-order valence-corrected chi connectivity index (χ3v) is 3.08. The molecular weight excluding hydrogens is 242 g/mol. The van der Waals surface area contributed by atoms with Crippen molar-refractivity contribution in [2.24, 2.45) is 0 Å². The fraction of sp³-hybridized carbons (Fsp3) is 0.429. The molecule has 0 saturated heterocycles. The van der Waals surface area contributed by atoms with E-state index >= 15 is 0 Å². The Hall–Kier alpha value is -1.90. The Kier molecular flexibility index (Phi) is 5.04. The topological polar surface area (TPSA) is 76.4 Å². The molecule has 0 unspecified atom stereocenters. The van der Waals surface area contributed by atoms with Gasteiger partial charge in [-0.05, 0) is 39.1 Å². The SMILES string of the molecule is CN(CC(=O)Nc1cccc(C#N)c1)C(C)(C)CO. The fourth-order valence-corrected chi connectivity index (χ4v) is 1.42. The largest absolute Gasteiger partial charge is 0.394 e. The van der Waals surface area contributed by atoms with E-state index in [9.17, 15) is 9.90 Å². The molecule has 0 aliphatic carbocycles. The predicted octanol–water partition coefficient (Wildman–Crippen LogP) is 1.20. The molecule has 0 aromatic heterocycles. The third-order valence-electron chi connectivity index (χ3n) is 3.08. The summed E-state index contributed by atoms with van der Waals surface area (Å²) in [7, 11) is 1.78. The molecule has 102 valence electrons. The van der Waals surface area contributed by atoms with Crippen LogP contribution in [0.1, 0.15) is 19.4 Å². The van der Waals surface area contributed by atoms with E-state index < -0.39 is 5.54 Å². The van der Waals surface area contributed by atoms with Crippen LogP contribution >= 0.6 is 0 Å². The van der Waals surface area contributed by atoms with E-state index in [-0.39, 0.29) is 19.1 Å². The van der Waals surface area contributed by atoms with Crippen molar-refractivity contribution < 1.29 is 9.90 Å². The van der Waals surface area contributed by atoms with Gasteiger partial charge in [0.25, 0.3) is 0 Å². The number of anilines is 1. The average molecular weight is 261 g/mol. The molecule has 5 nitrogen and oxygen atoms in total. The number of carbonyl (C=O) groups is 1. The van der Waals surface area contributed by atoms with Crippen LogP contribution in [0.4, 0.5) is 5.69 Å². The van der Waals surface area contributed by atoms with E-state index in [1.807, 2.05) is 19.9 Å². The second kappa shape index (κ2) is 6.32. The summed E-state index contributed by atoms with van der Waals surface area (Å²) in [4.78, 5) is 13.6. The van der Waals surface area contributed by atoms with Gasteiger partial charge in [-0.2, -0.15) is 5.26 Å². The molecule has 2 N–H and O–H groups in total. The summed E-state index contributed by atoms with van der Waals surface area (Å²) in [5.41, 5.74) is 0.646. The highest BCUT2D eigenvalue weighted by Crippen LogP contribution is 2.12. The van der Waals surface area contributed by atoms with E-state index in [2.05, 4.69) is 5.32 Å². The second-order valence-electron chi connectivity index (χ2n) is 5.07. The van der Waals surface area contributed by atoms with Gasteiger partial charge in [0.05, 0.1) is 24.8 Å². The van der Waals surface area contributed by atoms with Crippen molar-refractivity contribution >= 4 is 11.6 Å². The van der Waals surface area contributed by atoms with Crippen molar-refractivity contribution in [3.05, 3.63) is 29.8 Å². The van der Waals surface area contributed by atoms with Crippen LogP contribution in [0.5, 0.6) is 0 Å². The molecular formula is C14H19N3O2. The van der Waals surface area contributed by atoms with Crippen LogP contribution in [0.15, 0.2) is 24.3 Å². The summed E-state index contributed by atoms with van der Waals surface area (Å²) in [5, 5.41) is 20.7. The molecule has 1 rings (SSSR count). The number of benzene rings is 1. The van der Waals surface area contributed by atoms with Crippen LogP contribution in [-0.2, 0) is 4.79 Å². The van der Waals surface area contributed by atoms with Crippen LogP contribution in [0, 0.1) is 11.3 Å². The zero-order valence-electron chi connectivity index (χ0n) is 11.5. The summed E-state index contributed by atoms with van der Waals surface area (Å²) >= 11 is 0. The Balaban J connectivity index is 2.63. The first-order chi connectivity index (χ1) is 8.89. The molecule has 0 atom stereocenters. The summed E-state index contributed by atoms with van der Waals surface area (Å²) in [6.45, 7) is 3.86. The summed E-state index contributed by atoms with van der Waals surface area (Å²) in [6, 6.07) is 8.77. The minimum atomic E-state index is -0.453. The number of nitriles is 1. The lowest BCUT2D eigenvalue weighted by Crippen LogP contribution is -2.47. The molecule has 0 fully saturated rings. The monoisotopic (exact) mass is 261 g/mol. The lowest BCUT2D eigenvalue weighted by molar-refractivity contribution is -0.118. The molecule has 1 aromatic carbocycles. The molecule has 5 heteroatoms. The minimum absolute atomic E-state index is 0.0271. The molecule has 19 heavy (non-hydrogen) atoms. The lowest BCUT2D eigenvalue weighted by atomic mass is 10.1. The summed E-state index contributed by atoms with van der Waals surface area (Å²) in [6.07, 6.45) is 0. The van der Waals surface area contributed by atoms with Crippen LogP contribution in [0.2, 0.25) is 0 Å². The van der Waals surface area contributed by atoms with Crippen LogP contribution in [0.25, 0.3) is 0 Å². The van der Waals surface area contributed by atoms with Crippen molar-refractivity contribution in [2.75, 3.05) is 25.5 Å². The Morgan fingerprint density at radius 1 is 1.53 bits per heavy atom. The van der Waals surface area contributed by atoms with Gasteiger partial charge in [0, 0.05) is 11.2 Å². The zero-order valence-corrected chi connectivity index (χ0v) is 11.5. The highest BCUT2D eigenvalue weighted by Gasteiger charge is 2.24. The van der Waals surface area contributed by atoms with Crippen molar-refractivity contribution in [2.45, 2.75) is 19.4 Å². The van der Waals surface area contributed by atoms with Gasteiger partial charge in [-0.25, -0.2) is 0 Å². The molecule has 1 amide bonds. The maximum Gasteiger partial charge on any atom is 0.238 e. The zero-order chi connectivity index (χ0) is 14.5. The maximum atomic E-state index is 11.9. The number of nitrogens with zero attached hydrogens (tertiary/aromatic N) is 2. The fourth-order valence-electron chi connectivity index (χ4n) is 1.42. The molecule has 1 aromatic rings. The smallest absolute Gasteiger partial charge is 0.238 e. The van der Waals surface area contributed by atoms with Gasteiger partial charge < -0.3 is 10.4 Å². The van der Waals surface area contributed by atoms with E-state index in [0.717, 1.165) is 0 Å². The van der Waals surface area contributed by atoms with Crippen molar-refractivity contribution in [1.82, 2.24) is 4.90 Å². The maximum absolute atomic E-state index is 11.9. The van der Waals surface area contributed by atoms with Crippen molar-refractivity contribution in [1.29, 1.82) is 5.26 Å². The number of aliphatic hydroxyl groups is 1. The standard InChI is InChI=1S/C14H19N3O2/c1-14(2,10-18)17(3)9-13(19)16-12-6-4-5-11(7-12)8-15/h4-7,18H,9-10H2,1-3H3,(H,16,19). The average Bonchev–Trinajstić information content (AvgIpc) is 2.38. The van der Waals surface area contributed by atoms with Crippen molar-refractivity contribution in [3.63, 3.8) is 0 Å². The van der Waals surface area contributed by atoms with Gasteiger partial charge >= 0.3 is 0 Å². The van der Waals surface area contributed by atoms with Gasteiger partial charge in [0.2, 0.25) is 5.91 Å². The molecule has 0 saturated carbocycles. The quantitative estimate of drug-likeness (QED) is 0.835. The first kappa shape index (κ1) is 15.2. The van der Waals surface area contributed by atoms with Gasteiger partial charge in [0.15, 0.2) is 0 Å². The highest BCUT2D eigenvalue weighted by molar-refractivity contribution is 5.92. The Morgan fingerprint density at radius 2 is 2.21 bits per heavy atom. The number of aliphatic hydroxyl groups excluding tert-OH is 1. The normalized spacial score (nSPS) is 11.2. The van der Waals surface area contributed by atoms with E-state index in [0.29, 0.717) is 11.3 Å². The Morgan fingerprint density at radius 3 is 2.79 bits per heavy atom. The number of likely N-dealkylation sites (N-methyl/N-ethyl adjacent to an activating group) is 1. The van der Waals surface area contributed by atoms with Crippen LogP contribution in [0.3, 0.4) is 0 Å². The highest BCUT2D eigenvalue weighted by atomic mass is 16.3. The molecule has 0 heterocycles. The number of carbonyl (C=O) groups excluding carboxylic acids is 1. The van der Waals surface area contributed by atoms with Gasteiger partial charge in [-0.1, -0.05) is 6.07 Å². The molecule has 0 aliphatic rings. The number of hydrogen-bond acceptors (Lipinski definition) is 4. The lowest BCUT2D eigenvalue weighted by Gasteiger charge is -2.33. The molecule has 0 spiro atoms. The molecule has 0 bridgehead atoms. The number of hydrogen-bond donors (Lipinski definition) is 2. The molecule has 0 radical (unpaired) electrons. The summed E-state index contributed by atoms with van der Waals surface area (Å²) < 4.78 is 0. The first-order valence-corrected chi connectivity index (χ1v) is 6.01. The van der Waals surface area contributed by atoms with Gasteiger partial charge in [-0.15, -0.1) is 0 Å². The van der Waals surface area contributed by atoms with Gasteiger partial charge in [0.1, 0.15) is 0 Å².